The van der Waals surface area contributed by atoms with Gasteiger partial charge in [0.2, 0.25) is 0 Å². The largest absolute Gasteiger partial charge is 0.434 e. The highest BCUT2D eigenvalue weighted by atomic mass is 19.4. The number of rotatable bonds is 2. The van der Waals surface area contributed by atoms with Crippen molar-refractivity contribution < 1.29 is 18.0 Å². The zero-order valence-corrected chi connectivity index (χ0v) is 13.4. The Morgan fingerprint density at radius 3 is 2.62 bits per heavy atom. The number of nitrogens with zero attached hydrogens (tertiary/aromatic N) is 5. The number of aryl methyl sites for hydroxylation is 2. The Balaban J connectivity index is 1.79. The number of amides is 1. The number of halogens is 3. The molecule has 0 spiro atoms. The Morgan fingerprint density at radius 1 is 1.29 bits per heavy atom. The van der Waals surface area contributed by atoms with Gasteiger partial charge < -0.3 is 14.0 Å². The average Bonchev–Trinajstić information content (AvgIpc) is 3.12. The maximum atomic E-state index is 12.8. The third kappa shape index (κ3) is 3.15. The summed E-state index contributed by atoms with van der Waals surface area (Å²) in [4.78, 5) is 21.9. The fourth-order valence-corrected chi connectivity index (χ4v) is 3.05. The zero-order chi connectivity index (χ0) is 17.5. The van der Waals surface area contributed by atoms with E-state index in [2.05, 4.69) is 9.97 Å². The molecule has 1 amide bonds. The van der Waals surface area contributed by atoms with Gasteiger partial charge in [-0.05, 0) is 12.8 Å². The van der Waals surface area contributed by atoms with Gasteiger partial charge in [-0.1, -0.05) is 0 Å². The van der Waals surface area contributed by atoms with Gasteiger partial charge in [-0.2, -0.15) is 13.2 Å². The molecule has 3 rings (SSSR count). The molecular formula is C15H18F3N5O. The van der Waals surface area contributed by atoms with Gasteiger partial charge in [0.15, 0.2) is 5.69 Å². The van der Waals surface area contributed by atoms with Gasteiger partial charge in [-0.25, -0.2) is 9.97 Å². The standard InChI is InChI=1S/C15H18F3N5O/c1-21-7-11(19-9-21)14(24)23-5-3-4-10(6-23)13-20-12(8-22(13)2)15(16,17)18/h7-10H,3-6H2,1-2H3/t10-/m1/s1. The van der Waals surface area contributed by atoms with Crippen LogP contribution in [0.4, 0.5) is 13.2 Å². The van der Waals surface area contributed by atoms with Crippen molar-refractivity contribution in [3.63, 3.8) is 0 Å². The van der Waals surface area contributed by atoms with E-state index >= 15 is 0 Å². The molecule has 0 saturated carbocycles. The molecule has 1 aliphatic rings. The monoisotopic (exact) mass is 341 g/mol. The van der Waals surface area contributed by atoms with E-state index in [1.54, 1.807) is 36.1 Å². The lowest BCUT2D eigenvalue weighted by Crippen LogP contribution is -2.39. The van der Waals surface area contributed by atoms with Crippen LogP contribution in [0.3, 0.4) is 0 Å². The Bertz CT molecular complexity index is 749. The van der Waals surface area contributed by atoms with Crippen LogP contribution in [0, 0.1) is 0 Å². The number of carbonyl (C=O) groups excluding carboxylic acids is 1. The fraction of sp³-hybridized carbons (Fsp3) is 0.533. The number of alkyl halides is 3. The van der Waals surface area contributed by atoms with Crippen LogP contribution < -0.4 is 0 Å². The minimum Gasteiger partial charge on any atom is -0.340 e. The van der Waals surface area contributed by atoms with Crippen LogP contribution in [0.2, 0.25) is 0 Å². The number of imidazole rings is 2. The minimum absolute atomic E-state index is 0.203. The Kier molecular flexibility index (Phi) is 4.10. The lowest BCUT2D eigenvalue weighted by atomic mass is 9.97. The summed E-state index contributed by atoms with van der Waals surface area (Å²) in [6.07, 6.45) is 1.13. The van der Waals surface area contributed by atoms with Crippen molar-refractivity contribution in [3.05, 3.63) is 35.9 Å². The van der Waals surface area contributed by atoms with Crippen LogP contribution in [0.25, 0.3) is 0 Å². The molecule has 1 fully saturated rings. The van der Waals surface area contributed by atoms with Crippen molar-refractivity contribution in [2.24, 2.45) is 14.1 Å². The van der Waals surface area contributed by atoms with Gasteiger partial charge in [0.25, 0.3) is 5.91 Å². The predicted molar refractivity (Wildman–Crippen MR) is 79.3 cm³/mol. The second kappa shape index (κ2) is 5.95. The lowest BCUT2D eigenvalue weighted by Gasteiger charge is -2.32. The predicted octanol–water partition coefficient (Wildman–Crippen LogP) is 2.19. The summed E-state index contributed by atoms with van der Waals surface area (Å²) in [6, 6.07) is 0. The van der Waals surface area contributed by atoms with Crippen molar-refractivity contribution >= 4 is 5.91 Å². The Morgan fingerprint density at radius 2 is 2.04 bits per heavy atom. The summed E-state index contributed by atoms with van der Waals surface area (Å²) in [5.41, 5.74) is -0.554. The average molecular weight is 341 g/mol. The second-order valence-electron chi connectivity index (χ2n) is 6.11. The Hall–Kier alpha value is -2.32. The molecular weight excluding hydrogens is 323 g/mol. The molecule has 1 atom stereocenters. The maximum Gasteiger partial charge on any atom is 0.434 e. The van der Waals surface area contributed by atoms with Crippen molar-refractivity contribution in [1.82, 2.24) is 24.0 Å². The number of hydrogen-bond donors (Lipinski definition) is 0. The molecule has 130 valence electrons. The number of piperidine rings is 1. The van der Waals surface area contributed by atoms with E-state index in [1.807, 2.05) is 0 Å². The fourth-order valence-electron chi connectivity index (χ4n) is 3.05. The summed E-state index contributed by atoms with van der Waals surface area (Å²) in [5.74, 6) is -0.0566. The van der Waals surface area contributed by atoms with Gasteiger partial charge in [-0.3, -0.25) is 4.79 Å². The molecule has 0 aromatic carbocycles. The lowest BCUT2D eigenvalue weighted by molar-refractivity contribution is -0.141. The van der Waals surface area contributed by atoms with Gasteiger partial charge in [0.05, 0.1) is 6.33 Å². The highest BCUT2D eigenvalue weighted by Gasteiger charge is 2.36. The molecule has 24 heavy (non-hydrogen) atoms. The van der Waals surface area contributed by atoms with Gasteiger partial charge >= 0.3 is 6.18 Å². The Labute approximate surface area is 136 Å². The van der Waals surface area contributed by atoms with E-state index in [1.165, 1.54) is 4.57 Å². The SMILES string of the molecule is Cn1cnc(C(=O)N2CCC[C@@H](c3nc(C(F)(F)F)cn3C)C2)c1. The number of carbonyl (C=O) groups is 1. The first-order chi connectivity index (χ1) is 11.3. The highest BCUT2D eigenvalue weighted by Crippen LogP contribution is 2.32. The molecule has 1 aliphatic heterocycles. The second-order valence-corrected chi connectivity index (χ2v) is 6.11. The van der Waals surface area contributed by atoms with E-state index in [9.17, 15) is 18.0 Å². The molecule has 0 unspecified atom stereocenters. The number of likely N-dealkylation sites (tertiary alicyclic amines) is 1. The van der Waals surface area contributed by atoms with E-state index in [0.29, 0.717) is 31.0 Å². The third-order valence-electron chi connectivity index (χ3n) is 4.20. The van der Waals surface area contributed by atoms with Gasteiger partial charge in [-0.15, -0.1) is 0 Å². The van der Waals surface area contributed by atoms with Gasteiger partial charge in [0.1, 0.15) is 11.5 Å². The van der Waals surface area contributed by atoms with Crippen LogP contribution in [-0.2, 0) is 20.3 Å². The van der Waals surface area contributed by atoms with Crippen LogP contribution in [0.15, 0.2) is 18.7 Å². The quantitative estimate of drug-likeness (QED) is 0.841. The smallest absolute Gasteiger partial charge is 0.340 e. The maximum absolute atomic E-state index is 12.8. The van der Waals surface area contributed by atoms with E-state index in [4.69, 9.17) is 0 Å². The summed E-state index contributed by atoms with van der Waals surface area (Å²) in [7, 11) is 3.33. The van der Waals surface area contributed by atoms with Crippen LogP contribution in [0.1, 0.15) is 40.8 Å². The van der Waals surface area contributed by atoms with Crippen molar-refractivity contribution in [2.75, 3.05) is 13.1 Å². The minimum atomic E-state index is -4.46. The normalized spacial score (nSPS) is 18.9. The molecule has 9 heteroatoms. The molecule has 2 aromatic heterocycles. The molecule has 3 heterocycles. The van der Waals surface area contributed by atoms with Crippen LogP contribution >= 0.6 is 0 Å². The molecule has 6 nitrogen and oxygen atoms in total. The van der Waals surface area contributed by atoms with E-state index in [0.717, 1.165) is 12.6 Å². The summed E-state index contributed by atoms with van der Waals surface area (Å²) >= 11 is 0. The van der Waals surface area contributed by atoms with Crippen molar-refractivity contribution in [2.45, 2.75) is 24.9 Å². The first kappa shape index (κ1) is 16.5. The van der Waals surface area contributed by atoms with E-state index in [-0.39, 0.29) is 11.8 Å². The first-order valence-corrected chi connectivity index (χ1v) is 7.63. The zero-order valence-electron chi connectivity index (χ0n) is 13.4. The first-order valence-electron chi connectivity index (χ1n) is 7.63. The van der Waals surface area contributed by atoms with Crippen LogP contribution in [0.5, 0.6) is 0 Å². The summed E-state index contributed by atoms with van der Waals surface area (Å²) < 4.78 is 41.6. The van der Waals surface area contributed by atoms with Crippen LogP contribution in [-0.4, -0.2) is 43.0 Å². The van der Waals surface area contributed by atoms with Crippen molar-refractivity contribution in [3.8, 4) is 0 Å². The number of hydrogen-bond acceptors (Lipinski definition) is 3. The molecule has 2 aromatic rings. The summed E-state index contributed by atoms with van der Waals surface area (Å²) in [6.45, 7) is 0.917. The third-order valence-corrected chi connectivity index (χ3v) is 4.20. The van der Waals surface area contributed by atoms with Crippen molar-refractivity contribution in [1.29, 1.82) is 0 Å². The molecule has 0 N–H and O–H groups in total. The molecule has 0 bridgehead atoms. The molecule has 0 aliphatic carbocycles. The number of aromatic nitrogens is 4. The molecule has 0 radical (unpaired) electrons. The summed E-state index contributed by atoms with van der Waals surface area (Å²) in [5, 5.41) is 0. The highest BCUT2D eigenvalue weighted by molar-refractivity contribution is 5.92. The molecule has 1 saturated heterocycles. The topological polar surface area (TPSA) is 56.0 Å². The van der Waals surface area contributed by atoms with Gasteiger partial charge in [0, 0.05) is 45.5 Å². The van der Waals surface area contributed by atoms with E-state index < -0.39 is 11.9 Å².